The molecule has 3 N–H and O–H groups in total. The molecule has 0 aliphatic carbocycles. The highest BCUT2D eigenvalue weighted by atomic mass is 16.1. The van der Waals surface area contributed by atoms with Gasteiger partial charge in [-0.1, -0.05) is 42.5 Å². The van der Waals surface area contributed by atoms with E-state index >= 15 is 0 Å². The van der Waals surface area contributed by atoms with E-state index in [1.54, 1.807) is 12.1 Å². The molecule has 0 saturated heterocycles. The van der Waals surface area contributed by atoms with Crippen LogP contribution in [0.3, 0.4) is 0 Å². The van der Waals surface area contributed by atoms with E-state index < -0.39 is 0 Å². The molecule has 7 heteroatoms. The van der Waals surface area contributed by atoms with Crippen molar-refractivity contribution in [3.8, 4) is 11.4 Å². The Bertz CT molecular complexity index is 1070. The van der Waals surface area contributed by atoms with Crippen LogP contribution in [0.1, 0.15) is 11.3 Å². The Morgan fingerprint density at radius 1 is 1.04 bits per heavy atom. The number of hydrogen-bond donors (Lipinski definition) is 2. The molecule has 24 heavy (non-hydrogen) atoms. The molecule has 4 rings (SSSR count). The summed E-state index contributed by atoms with van der Waals surface area (Å²) in [6.07, 6.45) is 0.431. The van der Waals surface area contributed by atoms with Gasteiger partial charge >= 0.3 is 0 Å². The summed E-state index contributed by atoms with van der Waals surface area (Å²) in [7, 11) is 0. The van der Waals surface area contributed by atoms with Gasteiger partial charge in [0.15, 0.2) is 5.82 Å². The molecule has 2 heterocycles. The number of hydrogen-bond acceptors (Lipinski definition) is 5. The summed E-state index contributed by atoms with van der Waals surface area (Å²) in [5.41, 5.74) is 8.38. The van der Waals surface area contributed by atoms with Gasteiger partial charge in [-0.3, -0.25) is 9.78 Å². The molecular formula is C17H14N6O. The molecule has 0 radical (unpaired) electrons. The Hall–Kier alpha value is -3.48. The fourth-order valence-corrected chi connectivity index (χ4v) is 2.55. The summed E-state index contributed by atoms with van der Waals surface area (Å²) < 4.78 is 1.54. The maximum absolute atomic E-state index is 12.2. The summed E-state index contributed by atoms with van der Waals surface area (Å²) in [5.74, 6) is 0.831. The molecule has 118 valence electrons. The molecule has 0 unspecified atom stereocenters. The minimum atomic E-state index is -0.266. The average molecular weight is 318 g/mol. The zero-order valence-corrected chi connectivity index (χ0v) is 12.7. The Labute approximate surface area is 136 Å². The number of aromatic nitrogens is 5. The number of benzene rings is 2. The van der Waals surface area contributed by atoms with E-state index in [4.69, 9.17) is 5.73 Å². The quantitative estimate of drug-likeness (QED) is 0.559. The van der Waals surface area contributed by atoms with Crippen molar-refractivity contribution < 1.29 is 0 Å². The van der Waals surface area contributed by atoms with E-state index in [2.05, 4.69) is 20.3 Å². The number of fused-ring (bicyclic) bond motifs is 1. The van der Waals surface area contributed by atoms with Crippen molar-refractivity contribution >= 4 is 11.5 Å². The maximum Gasteiger partial charge on any atom is 0.274 e. The first-order chi connectivity index (χ1) is 11.7. The lowest BCUT2D eigenvalue weighted by molar-refractivity contribution is 0.829. The van der Waals surface area contributed by atoms with Crippen LogP contribution in [0, 0.1) is 0 Å². The van der Waals surface area contributed by atoms with Crippen LogP contribution in [0.25, 0.3) is 17.2 Å². The summed E-state index contributed by atoms with van der Waals surface area (Å²) in [4.78, 5) is 14.9. The van der Waals surface area contributed by atoms with E-state index in [1.165, 1.54) is 4.52 Å². The van der Waals surface area contributed by atoms with Crippen LogP contribution in [-0.4, -0.2) is 24.8 Å². The highest BCUT2D eigenvalue weighted by molar-refractivity contribution is 5.62. The zero-order chi connectivity index (χ0) is 16.5. The van der Waals surface area contributed by atoms with Crippen molar-refractivity contribution in [1.29, 1.82) is 0 Å². The standard InChI is InChI=1S/C17H14N6O/c18-13-8-4-7-12(10-13)15-20-21-17-19-16(24)14(22-23(15)17)9-11-5-2-1-3-6-11/h1-8,10H,9,18H2,(H,19,21,24). The number of aromatic amines is 1. The van der Waals surface area contributed by atoms with Crippen LogP contribution < -0.4 is 11.3 Å². The van der Waals surface area contributed by atoms with Crippen LogP contribution >= 0.6 is 0 Å². The molecule has 0 spiro atoms. The predicted molar refractivity (Wildman–Crippen MR) is 90.5 cm³/mol. The van der Waals surface area contributed by atoms with Crippen LogP contribution in [0.15, 0.2) is 59.4 Å². The third-order valence-corrected chi connectivity index (χ3v) is 3.71. The number of anilines is 1. The van der Waals surface area contributed by atoms with E-state index in [1.807, 2.05) is 42.5 Å². The van der Waals surface area contributed by atoms with Crippen LogP contribution in [-0.2, 0) is 6.42 Å². The number of nitrogens with zero attached hydrogens (tertiary/aromatic N) is 4. The van der Waals surface area contributed by atoms with Gasteiger partial charge in [-0.05, 0) is 17.7 Å². The topological polar surface area (TPSA) is 102 Å². The van der Waals surface area contributed by atoms with Gasteiger partial charge in [0.25, 0.3) is 11.3 Å². The smallest absolute Gasteiger partial charge is 0.274 e. The molecule has 0 fully saturated rings. The Balaban J connectivity index is 1.84. The fraction of sp³-hybridized carbons (Fsp3) is 0.0588. The molecule has 0 amide bonds. The van der Waals surface area contributed by atoms with Gasteiger partial charge in [0, 0.05) is 17.7 Å². The Morgan fingerprint density at radius 3 is 2.67 bits per heavy atom. The summed E-state index contributed by atoms with van der Waals surface area (Å²) in [6, 6.07) is 17.0. The zero-order valence-electron chi connectivity index (χ0n) is 12.7. The lowest BCUT2D eigenvalue weighted by atomic mass is 10.1. The van der Waals surface area contributed by atoms with E-state index in [-0.39, 0.29) is 5.56 Å². The summed E-state index contributed by atoms with van der Waals surface area (Å²) in [6.45, 7) is 0. The van der Waals surface area contributed by atoms with E-state index in [0.717, 1.165) is 11.1 Å². The second-order valence-electron chi connectivity index (χ2n) is 5.45. The maximum atomic E-state index is 12.2. The van der Waals surface area contributed by atoms with Crippen molar-refractivity contribution in [1.82, 2.24) is 24.8 Å². The highest BCUT2D eigenvalue weighted by Gasteiger charge is 2.13. The van der Waals surface area contributed by atoms with Gasteiger partial charge in [-0.15, -0.1) is 10.2 Å². The summed E-state index contributed by atoms with van der Waals surface area (Å²) >= 11 is 0. The Kier molecular flexibility index (Phi) is 3.31. The molecule has 0 aliphatic heterocycles. The second kappa shape index (κ2) is 5.62. The number of rotatable bonds is 3. The van der Waals surface area contributed by atoms with Crippen molar-refractivity contribution in [2.45, 2.75) is 6.42 Å². The third-order valence-electron chi connectivity index (χ3n) is 3.71. The molecule has 0 saturated carbocycles. The van der Waals surface area contributed by atoms with Crippen LogP contribution in [0.4, 0.5) is 5.69 Å². The van der Waals surface area contributed by atoms with Crippen molar-refractivity contribution in [3.63, 3.8) is 0 Å². The number of H-pyrrole nitrogens is 1. The first-order valence-corrected chi connectivity index (χ1v) is 7.45. The van der Waals surface area contributed by atoms with Gasteiger partial charge in [0.1, 0.15) is 5.69 Å². The lowest BCUT2D eigenvalue weighted by Gasteiger charge is -2.03. The second-order valence-corrected chi connectivity index (χ2v) is 5.45. The van der Waals surface area contributed by atoms with E-state index in [9.17, 15) is 4.79 Å². The summed E-state index contributed by atoms with van der Waals surface area (Å²) in [5, 5.41) is 12.6. The van der Waals surface area contributed by atoms with E-state index in [0.29, 0.717) is 29.4 Å². The first-order valence-electron chi connectivity index (χ1n) is 7.45. The third kappa shape index (κ3) is 2.52. The largest absolute Gasteiger partial charge is 0.399 e. The van der Waals surface area contributed by atoms with Crippen LogP contribution in [0.5, 0.6) is 0 Å². The van der Waals surface area contributed by atoms with Gasteiger partial charge < -0.3 is 5.73 Å². The monoisotopic (exact) mass is 318 g/mol. The number of nitrogens with two attached hydrogens (primary N) is 1. The molecule has 2 aromatic heterocycles. The molecule has 4 aromatic rings. The number of nitrogen functional groups attached to an aromatic ring is 1. The molecule has 0 bridgehead atoms. The minimum Gasteiger partial charge on any atom is -0.399 e. The van der Waals surface area contributed by atoms with Gasteiger partial charge in [0.05, 0.1) is 0 Å². The van der Waals surface area contributed by atoms with Gasteiger partial charge in [-0.2, -0.15) is 9.61 Å². The molecule has 0 aliphatic rings. The number of nitrogens with one attached hydrogen (secondary N) is 1. The minimum absolute atomic E-state index is 0.266. The first kappa shape index (κ1) is 14.1. The molecule has 2 aromatic carbocycles. The molecule has 0 atom stereocenters. The Morgan fingerprint density at radius 2 is 1.88 bits per heavy atom. The van der Waals surface area contributed by atoms with Crippen molar-refractivity contribution in [2.75, 3.05) is 5.73 Å². The average Bonchev–Trinajstić information content (AvgIpc) is 2.99. The SMILES string of the molecule is Nc1cccc(-c2nnc3[nH]c(=O)c(Cc4ccccc4)nn23)c1. The normalized spacial score (nSPS) is 11.0. The molecule has 7 nitrogen and oxygen atoms in total. The van der Waals surface area contributed by atoms with Gasteiger partial charge in [-0.25, -0.2) is 0 Å². The van der Waals surface area contributed by atoms with Gasteiger partial charge in [0.2, 0.25) is 0 Å². The van der Waals surface area contributed by atoms with Crippen LogP contribution in [0.2, 0.25) is 0 Å². The van der Waals surface area contributed by atoms with Crippen molar-refractivity contribution in [2.24, 2.45) is 0 Å². The van der Waals surface area contributed by atoms with Crippen molar-refractivity contribution in [3.05, 3.63) is 76.2 Å². The predicted octanol–water partition coefficient (Wildman–Crippen LogP) is 1.65. The lowest BCUT2D eigenvalue weighted by Crippen LogP contribution is -2.19. The molecular weight excluding hydrogens is 304 g/mol. The highest BCUT2D eigenvalue weighted by Crippen LogP contribution is 2.19. The fourth-order valence-electron chi connectivity index (χ4n) is 2.55.